The van der Waals surface area contributed by atoms with Crippen molar-refractivity contribution in [3.63, 3.8) is 0 Å². The van der Waals surface area contributed by atoms with E-state index < -0.39 is 10.3 Å². The molecule has 1 aliphatic rings. The van der Waals surface area contributed by atoms with Crippen molar-refractivity contribution in [2.45, 2.75) is 5.37 Å². The van der Waals surface area contributed by atoms with Crippen molar-refractivity contribution in [1.29, 1.82) is 0 Å². The van der Waals surface area contributed by atoms with Crippen LogP contribution in [0.4, 0.5) is 11.4 Å². The van der Waals surface area contributed by atoms with Gasteiger partial charge in [-0.2, -0.15) is 5.10 Å². The molecule has 174 valence electrons. The quantitative estimate of drug-likeness (QED) is 0.278. The molecule has 2 aromatic heterocycles. The first-order valence-electron chi connectivity index (χ1n) is 10.4. The maximum absolute atomic E-state index is 13.1. The number of aromatic nitrogens is 3. The first-order chi connectivity index (χ1) is 16.9. The van der Waals surface area contributed by atoms with Crippen molar-refractivity contribution in [2.75, 3.05) is 10.7 Å². The Morgan fingerprint density at radius 1 is 1.11 bits per heavy atom. The fraction of sp³-hybridized carbons (Fsp3) is 0.0833. The molecular formula is C24H16ClN5O4S. The van der Waals surface area contributed by atoms with Crippen LogP contribution in [-0.4, -0.2) is 37.3 Å². The van der Waals surface area contributed by atoms with Crippen LogP contribution in [0.5, 0.6) is 0 Å². The van der Waals surface area contributed by atoms with Gasteiger partial charge in [-0.1, -0.05) is 17.7 Å². The maximum atomic E-state index is 13.1. The Labute approximate surface area is 208 Å². The predicted molar refractivity (Wildman–Crippen MR) is 132 cm³/mol. The van der Waals surface area contributed by atoms with Crippen LogP contribution in [0.25, 0.3) is 11.3 Å². The van der Waals surface area contributed by atoms with Crippen LogP contribution in [0.15, 0.2) is 79.3 Å². The van der Waals surface area contributed by atoms with Gasteiger partial charge in [-0.3, -0.25) is 29.6 Å². The Hall–Kier alpha value is -4.02. The van der Waals surface area contributed by atoms with E-state index in [4.69, 9.17) is 11.6 Å². The predicted octanol–water partition coefficient (Wildman–Crippen LogP) is 4.97. The number of anilines is 1. The number of nitrogens with zero attached hydrogens (tertiary/aromatic N) is 5. The number of halogens is 1. The SMILES string of the molecule is O=C1CSC(c2cn(C(=O)c3ccncc3)nc2-c2ccc([N+](=O)[O-])cc2)N1c1cccc(Cl)c1. The lowest BCUT2D eigenvalue weighted by Gasteiger charge is -2.24. The summed E-state index contributed by atoms with van der Waals surface area (Å²) in [5, 5.41) is 15.7. The Bertz CT molecular complexity index is 1440. The fourth-order valence-electron chi connectivity index (χ4n) is 3.82. The molecule has 0 bridgehead atoms. The van der Waals surface area contributed by atoms with Crippen LogP contribution in [0.1, 0.15) is 21.3 Å². The van der Waals surface area contributed by atoms with Crippen molar-refractivity contribution in [1.82, 2.24) is 14.8 Å². The number of pyridine rings is 1. The lowest BCUT2D eigenvalue weighted by Crippen LogP contribution is -2.27. The minimum absolute atomic E-state index is 0.0615. The third-order valence-corrected chi connectivity index (χ3v) is 6.88. The number of hydrogen-bond donors (Lipinski definition) is 0. The molecule has 35 heavy (non-hydrogen) atoms. The van der Waals surface area contributed by atoms with E-state index in [2.05, 4.69) is 10.1 Å². The molecule has 1 aliphatic heterocycles. The number of carbonyl (C=O) groups excluding carboxylic acids is 2. The van der Waals surface area contributed by atoms with Crippen LogP contribution in [0.3, 0.4) is 0 Å². The molecule has 0 aliphatic carbocycles. The second-order valence-electron chi connectivity index (χ2n) is 7.63. The standard InChI is InChI=1S/C24H16ClN5O4S/c25-17-2-1-3-19(12-17)29-21(31)14-35-24(29)20-13-28(23(32)16-8-10-26-11-9-16)27-22(20)15-4-6-18(7-5-15)30(33)34/h1-13,24H,14H2. The van der Waals surface area contributed by atoms with E-state index in [0.717, 1.165) is 0 Å². The van der Waals surface area contributed by atoms with E-state index in [1.54, 1.807) is 59.6 Å². The molecule has 0 radical (unpaired) electrons. The van der Waals surface area contributed by atoms with Crippen molar-refractivity contribution in [3.05, 3.63) is 106 Å². The van der Waals surface area contributed by atoms with Crippen molar-refractivity contribution >= 4 is 46.6 Å². The molecule has 0 spiro atoms. The van der Waals surface area contributed by atoms with Gasteiger partial charge < -0.3 is 0 Å². The van der Waals surface area contributed by atoms with Gasteiger partial charge in [-0.25, -0.2) is 4.68 Å². The van der Waals surface area contributed by atoms with Crippen LogP contribution in [-0.2, 0) is 4.79 Å². The average molecular weight is 506 g/mol. The van der Waals surface area contributed by atoms with Gasteiger partial charge in [0.05, 0.1) is 16.4 Å². The zero-order valence-corrected chi connectivity index (χ0v) is 19.5. The lowest BCUT2D eigenvalue weighted by molar-refractivity contribution is -0.384. The third kappa shape index (κ3) is 4.41. The summed E-state index contributed by atoms with van der Waals surface area (Å²) in [6.45, 7) is 0. The molecule has 0 saturated carbocycles. The molecule has 9 nitrogen and oxygen atoms in total. The zero-order chi connectivity index (χ0) is 24.5. The summed E-state index contributed by atoms with van der Waals surface area (Å²) in [7, 11) is 0. The Morgan fingerprint density at radius 2 is 1.86 bits per heavy atom. The summed E-state index contributed by atoms with van der Waals surface area (Å²) in [5.74, 6) is -0.240. The van der Waals surface area contributed by atoms with Crippen molar-refractivity contribution < 1.29 is 14.5 Å². The van der Waals surface area contributed by atoms with Gasteiger partial charge in [-0.05, 0) is 42.5 Å². The number of non-ortho nitro benzene ring substituents is 1. The Kier molecular flexibility index (Phi) is 6.06. The van der Waals surface area contributed by atoms with Gasteiger partial charge in [-0.15, -0.1) is 11.8 Å². The zero-order valence-electron chi connectivity index (χ0n) is 17.9. The van der Waals surface area contributed by atoms with Gasteiger partial charge in [0.15, 0.2) is 0 Å². The number of carbonyl (C=O) groups is 2. The van der Waals surface area contributed by atoms with Crippen LogP contribution in [0.2, 0.25) is 5.02 Å². The molecule has 1 fully saturated rings. The molecule has 2 aromatic carbocycles. The lowest BCUT2D eigenvalue weighted by atomic mass is 10.1. The molecule has 11 heteroatoms. The van der Waals surface area contributed by atoms with Crippen molar-refractivity contribution in [2.24, 2.45) is 0 Å². The molecule has 1 saturated heterocycles. The Morgan fingerprint density at radius 3 is 2.54 bits per heavy atom. The number of amides is 1. The van der Waals surface area contributed by atoms with Crippen LogP contribution >= 0.6 is 23.4 Å². The van der Waals surface area contributed by atoms with E-state index >= 15 is 0 Å². The molecule has 1 unspecified atom stereocenters. The number of benzene rings is 2. The summed E-state index contributed by atoms with van der Waals surface area (Å²) in [6.07, 6.45) is 4.63. The highest BCUT2D eigenvalue weighted by molar-refractivity contribution is 8.00. The van der Waals surface area contributed by atoms with Gasteiger partial charge >= 0.3 is 0 Å². The van der Waals surface area contributed by atoms with E-state index in [9.17, 15) is 19.7 Å². The van der Waals surface area contributed by atoms with Crippen molar-refractivity contribution in [3.8, 4) is 11.3 Å². The molecule has 3 heterocycles. The minimum atomic E-state index is -0.484. The highest BCUT2D eigenvalue weighted by Gasteiger charge is 2.37. The van der Waals surface area contributed by atoms with Gasteiger partial charge in [0.1, 0.15) is 5.37 Å². The number of thioether (sulfide) groups is 1. The topological polar surface area (TPSA) is 111 Å². The fourth-order valence-corrected chi connectivity index (χ4v) is 5.19. The van der Waals surface area contributed by atoms with E-state index in [1.807, 2.05) is 0 Å². The summed E-state index contributed by atoms with van der Waals surface area (Å²) in [4.78, 5) is 42.2. The van der Waals surface area contributed by atoms with E-state index in [0.29, 0.717) is 33.1 Å². The summed E-state index contributed by atoms with van der Waals surface area (Å²) in [6, 6.07) is 16.1. The molecule has 4 aromatic rings. The first kappa shape index (κ1) is 22.8. The number of nitro groups is 1. The largest absolute Gasteiger partial charge is 0.295 e. The normalized spacial score (nSPS) is 15.4. The summed E-state index contributed by atoms with van der Waals surface area (Å²) < 4.78 is 1.22. The minimum Gasteiger partial charge on any atom is -0.295 e. The Balaban J connectivity index is 1.63. The molecular weight excluding hydrogens is 490 g/mol. The highest BCUT2D eigenvalue weighted by Crippen LogP contribution is 2.45. The summed E-state index contributed by atoms with van der Waals surface area (Å²) in [5.41, 5.74) is 2.61. The van der Waals surface area contributed by atoms with E-state index in [1.165, 1.54) is 41.0 Å². The monoisotopic (exact) mass is 505 g/mol. The number of rotatable bonds is 5. The molecule has 1 amide bonds. The number of hydrogen-bond acceptors (Lipinski definition) is 7. The smallest absolute Gasteiger partial charge is 0.278 e. The van der Waals surface area contributed by atoms with Gasteiger partial charge in [0.2, 0.25) is 5.91 Å². The average Bonchev–Trinajstić information content (AvgIpc) is 3.48. The van der Waals surface area contributed by atoms with Gasteiger partial charge in [0, 0.05) is 58.1 Å². The number of nitro benzene ring substituents is 1. The first-order valence-corrected chi connectivity index (χ1v) is 11.8. The highest BCUT2D eigenvalue weighted by atomic mass is 35.5. The second-order valence-corrected chi connectivity index (χ2v) is 9.13. The second kappa shape index (κ2) is 9.32. The molecule has 1 atom stereocenters. The summed E-state index contributed by atoms with van der Waals surface area (Å²) >= 11 is 7.58. The van der Waals surface area contributed by atoms with Crippen LogP contribution < -0.4 is 4.90 Å². The van der Waals surface area contributed by atoms with Crippen LogP contribution in [0, 0.1) is 10.1 Å². The maximum Gasteiger partial charge on any atom is 0.278 e. The van der Waals surface area contributed by atoms with Gasteiger partial charge in [0.25, 0.3) is 11.6 Å². The third-order valence-electron chi connectivity index (χ3n) is 5.45. The molecule has 0 N–H and O–H groups in total. The molecule has 5 rings (SSSR count). The van der Waals surface area contributed by atoms with E-state index in [-0.39, 0.29) is 23.3 Å².